The Labute approximate surface area is 84.1 Å². The fourth-order valence-corrected chi connectivity index (χ4v) is 1.17. The Bertz CT molecular complexity index is 357. The Kier molecular flexibility index (Phi) is 3.47. The summed E-state index contributed by atoms with van der Waals surface area (Å²) in [4.78, 5) is 10.0. The minimum atomic E-state index is -0.0366. The second-order valence-electron chi connectivity index (χ2n) is 2.23. The minimum Gasteiger partial charge on any atom is -0.485 e. The zero-order valence-electron chi connectivity index (χ0n) is 6.66. The summed E-state index contributed by atoms with van der Waals surface area (Å²) in [6, 6.07) is 7.00. The number of hydrogen-bond donors (Lipinski definition) is 0. The van der Waals surface area contributed by atoms with Crippen LogP contribution in [0.5, 0.6) is 5.75 Å². The van der Waals surface area contributed by atoms with Crippen LogP contribution in [0.25, 0.3) is 0 Å². The van der Waals surface area contributed by atoms with Crippen molar-refractivity contribution in [3.63, 3.8) is 0 Å². The topological polar surface area (TPSA) is 50.1 Å². The van der Waals surface area contributed by atoms with Gasteiger partial charge in [0.2, 0.25) is 0 Å². The lowest BCUT2D eigenvalue weighted by Crippen LogP contribution is -1.99. The van der Waals surface area contributed by atoms with E-state index in [9.17, 15) is 4.79 Å². The van der Waals surface area contributed by atoms with E-state index in [2.05, 4.69) is 15.9 Å². The minimum absolute atomic E-state index is 0.0366. The van der Waals surface area contributed by atoms with Gasteiger partial charge >= 0.3 is 0 Å². The molecule has 0 saturated carbocycles. The third kappa shape index (κ3) is 2.56. The quantitative estimate of drug-likeness (QED) is 0.758. The Morgan fingerprint density at radius 1 is 1.62 bits per heavy atom. The van der Waals surface area contributed by atoms with Crippen molar-refractivity contribution in [1.29, 1.82) is 5.26 Å². The van der Waals surface area contributed by atoms with E-state index in [0.29, 0.717) is 17.6 Å². The maximum atomic E-state index is 10.0. The first-order valence-corrected chi connectivity index (χ1v) is 4.33. The molecule has 1 aromatic carbocycles. The van der Waals surface area contributed by atoms with Gasteiger partial charge in [0.05, 0.1) is 5.56 Å². The zero-order chi connectivity index (χ0) is 9.68. The van der Waals surface area contributed by atoms with Crippen molar-refractivity contribution < 1.29 is 9.53 Å². The smallest absolute Gasteiger partial charge is 0.157 e. The lowest BCUT2D eigenvalue weighted by atomic mass is 10.2. The fourth-order valence-electron chi connectivity index (χ4n) is 0.832. The molecular weight excluding hydrogens is 234 g/mol. The molecule has 0 aliphatic heterocycles. The summed E-state index contributed by atoms with van der Waals surface area (Å²) in [5.74, 6) is 0.420. The molecule has 0 amide bonds. The van der Waals surface area contributed by atoms with Gasteiger partial charge in [-0.3, -0.25) is 4.79 Å². The molecule has 0 atom stereocenters. The number of nitriles is 1. The van der Waals surface area contributed by atoms with Crippen molar-refractivity contribution in [2.75, 3.05) is 6.61 Å². The number of carbonyl (C=O) groups excluding carboxylic acids is 1. The Balaban J connectivity index is 2.95. The molecule has 0 heterocycles. The first-order valence-electron chi connectivity index (χ1n) is 3.54. The average molecular weight is 240 g/mol. The summed E-state index contributed by atoms with van der Waals surface area (Å²) in [6.45, 7) is -0.0366. The molecule has 0 radical (unpaired) electrons. The van der Waals surface area contributed by atoms with Crippen molar-refractivity contribution in [1.82, 2.24) is 0 Å². The highest BCUT2D eigenvalue weighted by Gasteiger charge is 2.02. The lowest BCUT2D eigenvalue weighted by molar-refractivity contribution is -0.109. The molecule has 3 nitrogen and oxygen atoms in total. The van der Waals surface area contributed by atoms with Crippen LogP contribution in [0.3, 0.4) is 0 Å². The van der Waals surface area contributed by atoms with Crippen LogP contribution in [-0.4, -0.2) is 12.9 Å². The number of carbonyl (C=O) groups is 1. The van der Waals surface area contributed by atoms with Crippen molar-refractivity contribution in [3.05, 3.63) is 28.2 Å². The van der Waals surface area contributed by atoms with Gasteiger partial charge in [-0.15, -0.1) is 0 Å². The first kappa shape index (κ1) is 9.75. The van der Waals surface area contributed by atoms with Gasteiger partial charge < -0.3 is 4.74 Å². The van der Waals surface area contributed by atoms with Gasteiger partial charge in [-0.25, -0.2) is 0 Å². The molecule has 0 aliphatic rings. The van der Waals surface area contributed by atoms with E-state index >= 15 is 0 Å². The van der Waals surface area contributed by atoms with Crippen LogP contribution in [0.4, 0.5) is 0 Å². The molecule has 0 unspecified atom stereocenters. The van der Waals surface area contributed by atoms with E-state index in [0.717, 1.165) is 4.47 Å². The molecule has 0 aliphatic carbocycles. The standard InChI is InChI=1S/C9H6BrNO2/c10-8-2-1-7(6-11)9(5-8)13-4-3-12/h1-3,5H,4H2. The van der Waals surface area contributed by atoms with E-state index in [-0.39, 0.29) is 6.61 Å². The zero-order valence-corrected chi connectivity index (χ0v) is 8.24. The SMILES string of the molecule is N#Cc1ccc(Br)cc1OCC=O. The van der Waals surface area contributed by atoms with E-state index in [1.165, 1.54) is 0 Å². The predicted octanol–water partition coefficient (Wildman–Crippen LogP) is 1.90. The van der Waals surface area contributed by atoms with E-state index in [4.69, 9.17) is 10.00 Å². The van der Waals surface area contributed by atoms with Crippen LogP contribution in [-0.2, 0) is 4.79 Å². The highest BCUT2D eigenvalue weighted by Crippen LogP contribution is 2.22. The largest absolute Gasteiger partial charge is 0.485 e. The van der Waals surface area contributed by atoms with E-state index in [1.54, 1.807) is 18.2 Å². The Hall–Kier alpha value is -1.34. The molecule has 13 heavy (non-hydrogen) atoms. The van der Waals surface area contributed by atoms with Crippen LogP contribution < -0.4 is 4.74 Å². The van der Waals surface area contributed by atoms with Crippen LogP contribution in [0.2, 0.25) is 0 Å². The lowest BCUT2D eigenvalue weighted by Gasteiger charge is -2.03. The number of nitrogens with zero attached hydrogens (tertiary/aromatic N) is 1. The second kappa shape index (κ2) is 4.63. The first-order chi connectivity index (χ1) is 6.27. The molecule has 0 spiro atoms. The molecule has 0 N–H and O–H groups in total. The summed E-state index contributed by atoms with van der Waals surface area (Å²) in [5, 5.41) is 8.68. The van der Waals surface area contributed by atoms with Crippen LogP contribution in [0.1, 0.15) is 5.56 Å². The van der Waals surface area contributed by atoms with E-state index in [1.807, 2.05) is 6.07 Å². The fraction of sp³-hybridized carbons (Fsp3) is 0.111. The predicted molar refractivity (Wildman–Crippen MR) is 50.4 cm³/mol. The van der Waals surface area contributed by atoms with Crippen LogP contribution >= 0.6 is 15.9 Å². The summed E-state index contributed by atoms with van der Waals surface area (Å²) in [6.07, 6.45) is 0.641. The molecule has 66 valence electrons. The molecule has 0 bridgehead atoms. The van der Waals surface area contributed by atoms with Gasteiger partial charge in [-0.2, -0.15) is 5.26 Å². The van der Waals surface area contributed by atoms with E-state index < -0.39 is 0 Å². The summed E-state index contributed by atoms with van der Waals surface area (Å²) < 4.78 is 5.85. The summed E-state index contributed by atoms with van der Waals surface area (Å²) in [5.41, 5.74) is 0.421. The molecule has 1 aromatic rings. The van der Waals surface area contributed by atoms with Gasteiger partial charge in [-0.05, 0) is 18.2 Å². The third-order valence-electron chi connectivity index (χ3n) is 1.37. The van der Waals surface area contributed by atoms with Crippen LogP contribution in [0.15, 0.2) is 22.7 Å². The maximum absolute atomic E-state index is 10.0. The highest BCUT2D eigenvalue weighted by molar-refractivity contribution is 9.10. The number of hydrogen-bond acceptors (Lipinski definition) is 3. The molecule has 4 heteroatoms. The second-order valence-corrected chi connectivity index (χ2v) is 3.15. The molecular formula is C9H6BrNO2. The number of rotatable bonds is 3. The van der Waals surface area contributed by atoms with Gasteiger partial charge in [0, 0.05) is 4.47 Å². The van der Waals surface area contributed by atoms with Gasteiger partial charge in [-0.1, -0.05) is 15.9 Å². The summed E-state index contributed by atoms with van der Waals surface area (Å²) >= 11 is 3.24. The van der Waals surface area contributed by atoms with Crippen molar-refractivity contribution >= 4 is 22.2 Å². The van der Waals surface area contributed by atoms with Gasteiger partial charge in [0.25, 0.3) is 0 Å². The van der Waals surface area contributed by atoms with Gasteiger partial charge in [0.1, 0.15) is 18.4 Å². The molecule has 0 fully saturated rings. The number of aldehydes is 1. The third-order valence-corrected chi connectivity index (χ3v) is 1.86. The number of benzene rings is 1. The normalized spacial score (nSPS) is 8.92. The van der Waals surface area contributed by atoms with Crippen LogP contribution in [0, 0.1) is 11.3 Å². The number of halogens is 1. The van der Waals surface area contributed by atoms with Crippen molar-refractivity contribution in [2.45, 2.75) is 0 Å². The summed E-state index contributed by atoms with van der Waals surface area (Å²) in [7, 11) is 0. The monoisotopic (exact) mass is 239 g/mol. The number of ether oxygens (including phenoxy) is 1. The van der Waals surface area contributed by atoms with Crippen molar-refractivity contribution in [3.8, 4) is 11.8 Å². The Morgan fingerprint density at radius 2 is 2.38 bits per heavy atom. The average Bonchev–Trinajstić information content (AvgIpc) is 2.15. The highest BCUT2D eigenvalue weighted by atomic mass is 79.9. The van der Waals surface area contributed by atoms with Crippen molar-refractivity contribution in [2.24, 2.45) is 0 Å². The molecule has 0 saturated heterocycles. The molecule has 0 aromatic heterocycles. The van der Waals surface area contributed by atoms with Gasteiger partial charge in [0.15, 0.2) is 6.29 Å². The Morgan fingerprint density at radius 3 is 3.00 bits per heavy atom. The molecule has 1 rings (SSSR count). The maximum Gasteiger partial charge on any atom is 0.157 e.